The number of rotatable bonds is 3. The van der Waals surface area contributed by atoms with Gasteiger partial charge in [0.15, 0.2) is 0 Å². The van der Waals surface area contributed by atoms with E-state index in [1.807, 2.05) is 12.1 Å². The number of hydrogen-bond acceptors (Lipinski definition) is 2. The van der Waals surface area contributed by atoms with Crippen molar-refractivity contribution in [2.45, 2.75) is 52.0 Å². The van der Waals surface area contributed by atoms with E-state index in [4.69, 9.17) is 5.26 Å². The molecule has 1 N–H and O–H groups in total. The van der Waals surface area contributed by atoms with E-state index in [2.05, 4.69) is 31.3 Å². The molecule has 96 valence electrons. The van der Waals surface area contributed by atoms with Gasteiger partial charge in [-0.25, -0.2) is 0 Å². The molecule has 0 aliphatic heterocycles. The summed E-state index contributed by atoms with van der Waals surface area (Å²) >= 11 is 0. The van der Waals surface area contributed by atoms with Crippen LogP contribution in [0, 0.1) is 24.2 Å². The Balaban J connectivity index is 2.08. The first-order chi connectivity index (χ1) is 8.70. The summed E-state index contributed by atoms with van der Waals surface area (Å²) in [5, 5.41) is 12.7. The Morgan fingerprint density at radius 1 is 1.28 bits per heavy atom. The van der Waals surface area contributed by atoms with Crippen LogP contribution in [0.1, 0.15) is 50.2 Å². The van der Waals surface area contributed by atoms with Crippen molar-refractivity contribution < 1.29 is 0 Å². The molecule has 1 saturated carbocycles. The van der Waals surface area contributed by atoms with Crippen LogP contribution in [-0.2, 0) is 0 Å². The predicted octanol–water partition coefficient (Wildman–Crippen LogP) is 4.25. The molecule has 1 aromatic rings. The highest BCUT2D eigenvalue weighted by Crippen LogP contribution is 2.29. The van der Waals surface area contributed by atoms with Crippen LogP contribution >= 0.6 is 0 Å². The van der Waals surface area contributed by atoms with Crippen LogP contribution in [0.2, 0.25) is 0 Å². The molecule has 1 unspecified atom stereocenters. The monoisotopic (exact) mass is 242 g/mol. The normalized spacial score (nSPS) is 18.1. The lowest BCUT2D eigenvalue weighted by atomic mass is 9.84. The topological polar surface area (TPSA) is 35.8 Å². The third-order valence-electron chi connectivity index (χ3n) is 4.04. The number of benzene rings is 1. The summed E-state index contributed by atoms with van der Waals surface area (Å²) < 4.78 is 0. The van der Waals surface area contributed by atoms with E-state index in [0.29, 0.717) is 6.04 Å². The molecule has 0 spiro atoms. The van der Waals surface area contributed by atoms with Crippen molar-refractivity contribution in [2.24, 2.45) is 5.92 Å². The number of anilines is 1. The lowest BCUT2D eigenvalue weighted by Gasteiger charge is -2.29. The van der Waals surface area contributed by atoms with Gasteiger partial charge in [-0.3, -0.25) is 0 Å². The minimum atomic E-state index is 0.458. The Morgan fingerprint density at radius 3 is 2.67 bits per heavy atom. The fourth-order valence-electron chi connectivity index (χ4n) is 2.87. The largest absolute Gasteiger partial charge is 0.381 e. The molecule has 0 saturated heterocycles. The molecule has 1 atom stereocenters. The number of hydrogen-bond donors (Lipinski definition) is 1. The van der Waals surface area contributed by atoms with Gasteiger partial charge >= 0.3 is 0 Å². The van der Waals surface area contributed by atoms with E-state index in [-0.39, 0.29) is 0 Å². The molecule has 0 heterocycles. The van der Waals surface area contributed by atoms with Crippen LogP contribution < -0.4 is 5.32 Å². The van der Waals surface area contributed by atoms with Crippen molar-refractivity contribution in [3.05, 3.63) is 29.3 Å². The minimum Gasteiger partial charge on any atom is -0.381 e. The van der Waals surface area contributed by atoms with Gasteiger partial charge in [-0.1, -0.05) is 25.3 Å². The smallest absolute Gasteiger partial charge is 0.101 e. The second kappa shape index (κ2) is 5.91. The van der Waals surface area contributed by atoms with E-state index in [0.717, 1.165) is 17.2 Å². The van der Waals surface area contributed by atoms with E-state index in [9.17, 15) is 0 Å². The lowest BCUT2D eigenvalue weighted by molar-refractivity contribution is 0.328. The second-order valence-corrected chi connectivity index (χ2v) is 5.49. The molecule has 0 radical (unpaired) electrons. The summed E-state index contributed by atoms with van der Waals surface area (Å²) in [4.78, 5) is 0. The number of nitrogens with zero attached hydrogens (tertiary/aromatic N) is 1. The van der Waals surface area contributed by atoms with Crippen LogP contribution in [0.5, 0.6) is 0 Å². The maximum atomic E-state index is 9.14. The van der Waals surface area contributed by atoms with Crippen LogP contribution in [-0.4, -0.2) is 6.04 Å². The third-order valence-corrected chi connectivity index (χ3v) is 4.04. The molecule has 1 aromatic carbocycles. The Kier molecular flexibility index (Phi) is 4.25. The Labute approximate surface area is 110 Å². The van der Waals surface area contributed by atoms with Gasteiger partial charge in [0.25, 0.3) is 0 Å². The fraction of sp³-hybridized carbons (Fsp3) is 0.562. The van der Waals surface area contributed by atoms with Gasteiger partial charge in [-0.2, -0.15) is 5.26 Å². The molecule has 1 aliphatic rings. The average Bonchev–Trinajstić information content (AvgIpc) is 2.40. The fourth-order valence-corrected chi connectivity index (χ4v) is 2.87. The Hall–Kier alpha value is -1.49. The van der Waals surface area contributed by atoms with Crippen molar-refractivity contribution >= 4 is 5.69 Å². The molecule has 2 nitrogen and oxygen atoms in total. The summed E-state index contributed by atoms with van der Waals surface area (Å²) in [5.41, 5.74) is 2.95. The number of nitriles is 1. The van der Waals surface area contributed by atoms with Crippen molar-refractivity contribution in [3.8, 4) is 6.07 Å². The quantitative estimate of drug-likeness (QED) is 0.860. The highest BCUT2D eigenvalue weighted by molar-refractivity contribution is 5.59. The Bertz CT molecular complexity index is 439. The zero-order valence-corrected chi connectivity index (χ0v) is 11.4. The molecule has 1 fully saturated rings. The van der Waals surface area contributed by atoms with E-state index in [1.165, 1.54) is 37.7 Å². The van der Waals surface area contributed by atoms with Gasteiger partial charge in [0.2, 0.25) is 0 Å². The maximum Gasteiger partial charge on any atom is 0.101 e. The molecule has 2 heteroatoms. The maximum absolute atomic E-state index is 9.14. The van der Waals surface area contributed by atoms with Crippen LogP contribution in [0.25, 0.3) is 0 Å². The third kappa shape index (κ3) is 3.04. The van der Waals surface area contributed by atoms with Gasteiger partial charge < -0.3 is 5.32 Å². The number of nitrogens with one attached hydrogen (secondary N) is 1. The summed E-state index contributed by atoms with van der Waals surface area (Å²) in [6.07, 6.45) is 6.74. The van der Waals surface area contributed by atoms with Crippen LogP contribution in [0.4, 0.5) is 5.69 Å². The molecule has 2 rings (SSSR count). The zero-order valence-electron chi connectivity index (χ0n) is 11.4. The molecule has 18 heavy (non-hydrogen) atoms. The molecular formula is C16H22N2. The van der Waals surface area contributed by atoms with Gasteiger partial charge in [-0.15, -0.1) is 0 Å². The summed E-state index contributed by atoms with van der Waals surface area (Å²) in [5.74, 6) is 0.755. The molecule has 0 amide bonds. The summed E-state index contributed by atoms with van der Waals surface area (Å²) in [6, 6.07) is 8.71. The van der Waals surface area contributed by atoms with Crippen molar-refractivity contribution in [2.75, 3.05) is 5.32 Å². The molecule has 0 aromatic heterocycles. The van der Waals surface area contributed by atoms with Gasteiger partial charge in [0.05, 0.1) is 11.3 Å². The van der Waals surface area contributed by atoms with Crippen molar-refractivity contribution in [3.63, 3.8) is 0 Å². The SMILES string of the molecule is Cc1ccc(C#N)c(NC(C)C2CCCCC2)c1. The summed E-state index contributed by atoms with van der Waals surface area (Å²) in [6.45, 7) is 4.32. The lowest BCUT2D eigenvalue weighted by Crippen LogP contribution is -2.28. The van der Waals surface area contributed by atoms with Crippen LogP contribution in [0.3, 0.4) is 0 Å². The Morgan fingerprint density at radius 2 is 2.00 bits per heavy atom. The van der Waals surface area contributed by atoms with Gasteiger partial charge in [0.1, 0.15) is 6.07 Å². The van der Waals surface area contributed by atoms with E-state index in [1.54, 1.807) is 0 Å². The van der Waals surface area contributed by atoms with Crippen molar-refractivity contribution in [1.29, 1.82) is 5.26 Å². The first-order valence-corrected chi connectivity index (χ1v) is 6.98. The van der Waals surface area contributed by atoms with Gasteiger partial charge in [0, 0.05) is 6.04 Å². The molecule has 0 bridgehead atoms. The first-order valence-electron chi connectivity index (χ1n) is 6.98. The summed E-state index contributed by atoms with van der Waals surface area (Å²) in [7, 11) is 0. The predicted molar refractivity (Wildman–Crippen MR) is 75.6 cm³/mol. The zero-order chi connectivity index (χ0) is 13.0. The first kappa shape index (κ1) is 13.0. The minimum absolute atomic E-state index is 0.458. The van der Waals surface area contributed by atoms with E-state index >= 15 is 0 Å². The number of aryl methyl sites for hydroxylation is 1. The highest BCUT2D eigenvalue weighted by atomic mass is 14.9. The van der Waals surface area contributed by atoms with Crippen LogP contribution in [0.15, 0.2) is 18.2 Å². The van der Waals surface area contributed by atoms with Crippen molar-refractivity contribution in [1.82, 2.24) is 0 Å². The molecular weight excluding hydrogens is 220 g/mol. The highest BCUT2D eigenvalue weighted by Gasteiger charge is 2.20. The van der Waals surface area contributed by atoms with E-state index < -0.39 is 0 Å². The standard InChI is InChI=1S/C16H22N2/c1-12-8-9-15(11-17)16(10-12)18-13(2)14-6-4-3-5-7-14/h8-10,13-14,18H,3-7H2,1-2H3. The molecule has 1 aliphatic carbocycles. The average molecular weight is 242 g/mol. The van der Waals surface area contributed by atoms with Gasteiger partial charge in [-0.05, 0) is 50.3 Å². The second-order valence-electron chi connectivity index (χ2n) is 5.49.